The van der Waals surface area contributed by atoms with Gasteiger partial charge in [0.2, 0.25) is 0 Å². The van der Waals surface area contributed by atoms with Gasteiger partial charge < -0.3 is 14.8 Å². The average molecular weight is 343 g/mol. The van der Waals surface area contributed by atoms with Gasteiger partial charge in [0, 0.05) is 25.6 Å². The summed E-state index contributed by atoms with van der Waals surface area (Å²) in [4.78, 5) is 12.5. The number of nitrogens with one attached hydrogen (secondary N) is 1. The highest BCUT2D eigenvalue weighted by molar-refractivity contribution is 5.92. The van der Waals surface area contributed by atoms with Gasteiger partial charge in [0.25, 0.3) is 5.91 Å². The van der Waals surface area contributed by atoms with Gasteiger partial charge in [-0.2, -0.15) is 5.10 Å². The Morgan fingerprint density at radius 3 is 2.96 bits per heavy atom. The topological polar surface area (TPSA) is 65.4 Å². The van der Waals surface area contributed by atoms with Gasteiger partial charge >= 0.3 is 0 Å². The van der Waals surface area contributed by atoms with E-state index >= 15 is 0 Å². The summed E-state index contributed by atoms with van der Waals surface area (Å²) in [6, 6.07) is 7.87. The maximum absolute atomic E-state index is 12.5. The Bertz CT molecular complexity index is 748. The third-order valence-corrected chi connectivity index (χ3v) is 4.37. The maximum Gasteiger partial charge on any atom is 0.269 e. The highest BCUT2D eigenvalue weighted by atomic mass is 16.5. The summed E-state index contributed by atoms with van der Waals surface area (Å²) in [6.07, 6.45) is 1.79. The van der Waals surface area contributed by atoms with Crippen molar-refractivity contribution >= 4 is 5.91 Å². The number of aromatic nitrogens is 2. The zero-order chi connectivity index (χ0) is 17.8. The van der Waals surface area contributed by atoms with Crippen LogP contribution in [-0.2, 0) is 24.8 Å². The van der Waals surface area contributed by atoms with Crippen LogP contribution in [0.3, 0.4) is 0 Å². The predicted octanol–water partition coefficient (Wildman–Crippen LogP) is 2.39. The first-order valence-corrected chi connectivity index (χ1v) is 8.72. The monoisotopic (exact) mass is 343 g/mol. The molecule has 6 heteroatoms. The molecule has 0 spiro atoms. The highest BCUT2D eigenvalue weighted by Gasteiger charge is 2.19. The van der Waals surface area contributed by atoms with Crippen molar-refractivity contribution in [3.8, 4) is 5.75 Å². The standard InChI is InChI=1S/C19H25N3O3/c1-4-15-10-17(22(3)21-15)19(23)20-11-14-6-5-13(2)9-18(14)25-16-7-8-24-12-16/h5-6,9-10,16H,4,7-8,11-12H2,1-3H3,(H,20,23). The second-order valence-corrected chi connectivity index (χ2v) is 6.40. The Kier molecular flexibility index (Phi) is 5.38. The van der Waals surface area contributed by atoms with E-state index in [1.807, 2.05) is 38.1 Å². The normalized spacial score (nSPS) is 16.8. The predicted molar refractivity (Wildman–Crippen MR) is 94.8 cm³/mol. The Balaban J connectivity index is 1.69. The number of nitrogens with zero attached hydrogens (tertiary/aromatic N) is 2. The third kappa shape index (κ3) is 4.20. The molecule has 25 heavy (non-hydrogen) atoms. The molecule has 6 nitrogen and oxygen atoms in total. The minimum Gasteiger partial charge on any atom is -0.488 e. The fraction of sp³-hybridized carbons (Fsp3) is 0.474. The van der Waals surface area contributed by atoms with Crippen LogP contribution in [0, 0.1) is 6.92 Å². The average Bonchev–Trinajstić information content (AvgIpc) is 3.23. The number of benzene rings is 1. The third-order valence-electron chi connectivity index (χ3n) is 4.37. The molecule has 1 aliphatic heterocycles. The molecule has 3 rings (SSSR count). The molecule has 0 aliphatic carbocycles. The number of carbonyl (C=O) groups excluding carboxylic acids is 1. The SMILES string of the molecule is CCc1cc(C(=O)NCc2ccc(C)cc2OC2CCOC2)n(C)n1. The number of carbonyl (C=O) groups is 1. The second-order valence-electron chi connectivity index (χ2n) is 6.40. The largest absolute Gasteiger partial charge is 0.488 e. The number of amides is 1. The summed E-state index contributed by atoms with van der Waals surface area (Å²) < 4.78 is 13.1. The molecule has 1 aliphatic rings. The van der Waals surface area contributed by atoms with E-state index in [2.05, 4.69) is 10.4 Å². The van der Waals surface area contributed by atoms with Crippen LogP contribution in [0.15, 0.2) is 24.3 Å². The van der Waals surface area contributed by atoms with Crippen LogP contribution in [0.1, 0.15) is 40.7 Å². The summed E-state index contributed by atoms with van der Waals surface area (Å²) in [7, 11) is 1.79. The van der Waals surface area contributed by atoms with Crippen LogP contribution < -0.4 is 10.1 Å². The molecule has 1 N–H and O–H groups in total. The summed E-state index contributed by atoms with van der Waals surface area (Å²) in [5, 5.41) is 7.29. The van der Waals surface area contributed by atoms with Gasteiger partial charge in [0.15, 0.2) is 0 Å². The maximum atomic E-state index is 12.5. The first-order valence-electron chi connectivity index (χ1n) is 8.72. The van der Waals surface area contributed by atoms with E-state index in [4.69, 9.17) is 9.47 Å². The van der Waals surface area contributed by atoms with Crippen LogP contribution in [0.5, 0.6) is 5.75 Å². The van der Waals surface area contributed by atoms with Gasteiger partial charge in [-0.05, 0) is 31.0 Å². The quantitative estimate of drug-likeness (QED) is 0.875. The minimum absolute atomic E-state index is 0.0837. The number of aryl methyl sites for hydroxylation is 3. The van der Waals surface area contributed by atoms with E-state index in [1.54, 1.807) is 11.7 Å². The molecule has 1 unspecified atom stereocenters. The van der Waals surface area contributed by atoms with Crippen LogP contribution in [-0.4, -0.2) is 35.0 Å². The Morgan fingerprint density at radius 2 is 2.28 bits per heavy atom. The lowest BCUT2D eigenvalue weighted by Gasteiger charge is -2.16. The lowest BCUT2D eigenvalue weighted by atomic mass is 10.1. The summed E-state index contributed by atoms with van der Waals surface area (Å²) in [5.74, 6) is 0.681. The number of hydrogen-bond acceptors (Lipinski definition) is 4. The molecular formula is C19H25N3O3. The Labute approximate surface area is 148 Å². The van der Waals surface area contributed by atoms with E-state index in [1.165, 1.54) is 0 Å². The zero-order valence-corrected chi connectivity index (χ0v) is 15.0. The number of hydrogen-bond donors (Lipinski definition) is 1. The van der Waals surface area contributed by atoms with Gasteiger partial charge in [-0.3, -0.25) is 9.48 Å². The molecule has 1 atom stereocenters. The molecule has 1 saturated heterocycles. The molecular weight excluding hydrogens is 318 g/mol. The lowest BCUT2D eigenvalue weighted by molar-refractivity contribution is 0.0940. The van der Waals surface area contributed by atoms with E-state index < -0.39 is 0 Å². The molecule has 1 amide bonds. The van der Waals surface area contributed by atoms with Crippen molar-refractivity contribution in [2.24, 2.45) is 7.05 Å². The van der Waals surface area contributed by atoms with Crippen molar-refractivity contribution in [2.75, 3.05) is 13.2 Å². The van der Waals surface area contributed by atoms with Crippen LogP contribution >= 0.6 is 0 Å². The van der Waals surface area contributed by atoms with Gasteiger partial charge in [0.05, 0.1) is 18.9 Å². The molecule has 1 aromatic heterocycles. The van der Waals surface area contributed by atoms with Crippen molar-refractivity contribution in [1.82, 2.24) is 15.1 Å². The van der Waals surface area contributed by atoms with Gasteiger partial charge in [-0.25, -0.2) is 0 Å². The molecule has 134 valence electrons. The van der Waals surface area contributed by atoms with E-state index in [-0.39, 0.29) is 12.0 Å². The van der Waals surface area contributed by atoms with Crippen LogP contribution in [0.2, 0.25) is 0 Å². The summed E-state index contributed by atoms with van der Waals surface area (Å²) >= 11 is 0. The molecule has 2 aromatic rings. The zero-order valence-electron chi connectivity index (χ0n) is 15.0. The van der Waals surface area contributed by atoms with Crippen molar-refractivity contribution < 1.29 is 14.3 Å². The summed E-state index contributed by atoms with van der Waals surface area (Å²) in [5.41, 5.74) is 3.57. The van der Waals surface area contributed by atoms with Gasteiger partial charge in [0.1, 0.15) is 17.5 Å². The smallest absolute Gasteiger partial charge is 0.269 e. The fourth-order valence-electron chi connectivity index (χ4n) is 2.88. The number of ether oxygens (including phenoxy) is 2. The Morgan fingerprint density at radius 1 is 1.44 bits per heavy atom. The first kappa shape index (κ1) is 17.5. The number of rotatable bonds is 6. The first-order chi connectivity index (χ1) is 12.1. The summed E-state index contributed by atoms with van der Waals surface area (Å²) in [6.45, 7) is 5.82. The van der Waals surface area contributed by atoms with E-state index in [9.17, 15) is 4.79 Å². The van der Waals surface area contributed by atoms with Crippen LogP contribution in [0.25, 0.3) is 0 Å². The van der Waals surface area contributed by atoms with Crippen LogP contribution in [0.4, 0.5) is 0 Å². The van der Waals surface area contributed by atoms with Gasteiger partial charge in [-0.1, -0.05) is 19.1 Å². The molecule has 0 saturated carbocycles. The van der Waals surface area contributed by atoms with Crippen molar-refractivity contribution in [1.29, 1.82) is 0 Å². The molecule has 1 aromatic carbocycles. The van der Waals surface area contributed by atoms with Crippen molar-refractivity contribution in [3.05, 3.63) is 46.8 Å². The second kappa shape index (κ2) is 7.70. The van der Waals surface area contributed by atoms with E-state index in [0.717, 1.165) is 42.0 Å². The van der Waals surface area contributed by atoms with Gasteiger partial charge in [-0.15, -0.1) is 0 Å². The lowest BCUT2D eigenvalue weighted by Crippen LogP contribution is -2.26. The highest BCUT2D eigenvalue weighted by Crippen LogP contribution is 2.24. The Hall–Kier alpha value is -2.34. The molecule has 2 heterocycles. The molecule has 0 radical (unpaired) electrons. The molecule has 0 bridgehead atoms. The minimum atomic E-state index is -0.134. The van der Waals surface area contributed by atoms with Crippen molar-refractivity contribution in [2.45, 2.75) is 39.3 Å². The molecule has 1 fully saturated rings. The van der Waals surface area contributed by atoms with E-state index in [0.29, 0.717) is 18.8 Å². The fourth-order valence-corrected chi connectivity index (χ4v) is 2.88. The van der Waals surface area contributed by atoms with Crippen molar-refractivity contribution in [3.63, 3.8) is 0 Å².